The van der Waals surface area contributed by atoms with Gasteiger partial charge in [0.2, 0.25) is 0 Å². The molecule has 0 bridgehead atoms. The van der Waals surface area contributed by atoms with E-state index >= 15 is 0 Å². The maximum atomic E-state index is 12.7. The van der Waals surface area contributed by atoms with E-state index in [0.29, 0.717) is 23.6 Å². The number of benzene rings is 2. The normalized spacial score (nSPS) is 10.3. The van der Waals surface area contributed by atoms with Gasteiger partial charge in [-0.15, -0.1) is 0 Å². The maximum Gasteiger partial charge on any atom is 0.340 e. The van der Waals surface area contributed by atoms with Gasteiger partial charge in [-0.1, -0.05) is 42.5 Å². The molecular formula is C22H22N4O3. The number of ether oxygens (including phenoxy) is 1. The minimum Gasteiger partial charge on any atom is -0.462 e. The predicted molar refractivity (Wildman–Crippen MR) is 110 cm³/mol. The monoisotopic (exact) mass is 390 g/mol. The highest BCUT2D eigenvalue weighted by molar-refractivity contribution is 5.97. The van der Waals surface area contributed by atoms with E-state index in [9.17, 15) is 9.59 Å². The Morgan fingerprint density at radius 1 is 1.03 bits per heavy atom. The molecule has 1 amide bonds. The molecule has 0 aliphatic carbocycles. The van der Waals surface area contributed by atoms with E-state index in [-0.39, 0.29) is 18.2 Å². The summed E-state index contributed by atoms with van der Waals surface area (Å²) >= 11 is 0. The van der Waals surface area contributed by atoms with E-state index in [1.165, 1.54) is 6.33 Å². The van der Waals surface area contributed by atoms with Gasteiger partial charge in [-0.2, -0.15) is 0 Å². The Hall–Kier alpha value is -3.74. The zero-order valence-electron chi connectivity index (χ0n) is 16.3. The van der Waals surface area contributed by atoms with E-state index in [2.05, 4.69) is 15.3 Å². The van der Waals surface area contributed by atoms with Crippen LogP contribution in [0.3, 0.4) is 0 Å². The van der Waals surface area contributed by atoms with Crippen molar-refractivity contribution in [3.63, 3.8) is 0 Å². The fraction of sp³-hybridized carbons (Fsp3) is 0.182. The number of anilines is 2. The predicted octanol–water partition coefficient (Wildman–Crippen LogP) is 3.67. The Balaban J connectivity index is 1.76. The van der Waals surface area contributed by atoms with Gasteiger partial charge in [0.15, 0.2) is 0 Å². The molecule has 1 N–H and O–H groups in total. The lowest BCUT2D eigenvalue weighted by Gasteiger charge is -2.17. The van der Waals surface area contributed by atoms with Crippen molar-refractivity contribution in [2.24, 2.45) is 0 Å². The Morgan fingerprint density at radius 3 is 2.52 bits per heavy atom. The number of carbonyl (C=O) groups is 2. The molecule has 0 aliphatic heterocycles. The molecule has 0 aliphatic rings. The Morgan fingerprint density at radius 2 is 1.76 bits per heavy atom. The highest BCUT2D eigenvalue weighted by atomic mass is 16.5. The van der Waals surface area contributed by atoms with Crippen molar-refractivity contribution in [2.75, 3.05) is 19.0 Å². The minimum absolute atomic E-state index is 0.224. The van der Waals surface area contributed by atoms with E-state index < -0.39 is 5.97 Å². The van der Waals surface area contributed by atoms with Crippen LogP contribution < -0.4 is 5.32 Å². The van der Waals surface area contributed by atoms with Gasteiger partial charge in [0.05, 0.1) is 17.9 Å². The second-order valence-electron chi connectivity index (χ2n) is 6.33. The number of para-hydroxylation sites is 1. The summed E-state index contributed by atoms with van der Waals surface area (Å²) in [7, 11) is 1.72. The average molecular weight is 390 g/mol. The third-order valence-electron chi connectivity index (χ3n) is 4.18. The first-order valence-electron chi connectivity index (χ1n) is 9.23. The minimum atomic E-state index is -0.427. The third-order valence-corrected chi connectivity index (χ3v) is 4.18. The standard InChI is InChI=1S/C22H22N4O3/c1-3-29-22(28)17-11-7-8-12-18(17)25-20-13-19(23-15-24-20)21(27)26(2)14-16-9-5-4-6-10-16/h4-13,15H,3,14H2,1-2H3,(H,23,24,25). The summed E-state index contributed by atoms with van der Waals surface area (Å²) in [4.78, 5) is 34.7. The van der Waals surface area contributed by atoms with Gasteiger partial charge in [0.1, 0.15) is 17.8 Å². The molecule has 29 heavy (non-hydrogen) atoms. The van der Waals surface area contributed by atoms with Gasteiger partial charge in [-0.25, -0.2) is 14.8 Å². The largest absolute Gasteiger partial charge is 0.462 e. The molecule has 0 atom stereocenters. The van der Waals surface area contributed by atoms with Gasteiger partial charge in [0, 0.05) is 19.7 Å². The molecule has 0 saturated carbocycles. The highest BCUT2D eigenvalue weighted by Gasteiger charge is 2.16. The average Bonchev–Trinajstić information content (AvgIpc) is 2.74. The first kappa shape index (κ1) is 20.0. The number of aromatic nitrogens is 2. The summed E-state index contributed by atoms with van der Waals surface area (Å²) in [5, 5.41) is 3.07. The van der Waals surface area contributed by atoms with Crippen molar-refractivity contribution in [3.8, 4) is 0 Å². The van der Waals surface area contributed by atoms with Crippen LogP contribution in [0, 0.1) is 0 Å². The van der Waals surface area contributed by atoms with Crippen molar-refractivity contribution >= 4 is 23.4 Å². The van der Waals surface area contributed by atoms with Crippen molar-refractivity contribution in [2.45, 2.75) is 13.5 Å². The summed E-state index contributed by atoms with van der Waals surface area (Å²) < 4.78 is 5.08. The van der Waals surface area contributed by atoms with Gasteiger partial charge >= 0.3 is 5.97 Å². The topological polar surface area (TPSA) is 84.4 Å². The Kier molecular flexibility index (Phi) is 6.52. The van der Waals surface area contributed by atoms with Crippen LogP contribution in [-0.4, -0.2) is 40.4 Å². The zero-order chi connectivity index (χ0) is 20.6. The smallest absolute Gasteiger partial charge is 0.340 e. The quantitative estimate of drug-likeness (QED) is 0.620. The second kappa shape index (κ2) is 9.45. The van der Waals surface area contributed by atoms with Crippen LogP contribution >= 0.6 is 0 Å². The summed E-state index contributed by atoms with van der Waals surface area (Å²) in [5.41, 5.74) is 2.22. The fourth-order valence-electron chi connectivity index (χ4n) is 2.78. The molecule has 1 aromatic heterocycles. The summed E-state index contributed by atoms with van der Waals surface area (Å²) in [6.45, 7) is 2.51. The van der Waals surface area contributed by atoms with Crippen LogP contribution in [0.25, 0.3) is 0 Å². The number of hydrogen-bond donors (Lipinski definition) is 1. The lowest BCUT2D eigenvalue weighted by molar-refractivity contribution is 0.0527. The Labute approximate surface area is 169 Å². The number of carbonyl (C=O) groups excluding carboxylic acids is 2. The van der Waals surface area contributed by atoms with Crippen LogP contribution in [-0.2, 0) is 11.3 Å². The molecule has 148 valence electrons. The number of esters is 1. The number of rotatable bonds is 7. The number of nitrogens with zero attached hydrogens (tertiary/aromatic N) is 3. The van der Waals surface area contributed by atoms with Crippen LogP contribution in [0.4, 0.5) is 11.5 Å². The third kappa shape index (κ3) is 5.16. The molecule has 7 nitrogen and oxygen atoms in total. The highest BCUT2D eigenvalue weighted by Crippen LogP contribution is 2.21. The molecular weight excluding hydrogens is 368 g/mol. The maximum absolute atomic E-state index is 12.7. The van der Waals surface area contributed by atoms with Crippen LogP contribution in [0.1, 0.15) is 33.3 Å². The Bertz CT molecular complexity index is 992. The van der Waals surface area contributed by atoms with Crippen molar-refractivity contribution < 1.29 is 14.3 Å². The van der Waals surface area contributed by atoms with Crippen molar-refractivity contribution in [3.05, 3.63) is 83.8 Å². The molecule has 0 radical (unpaired) electrons. The molecule has 2 aromatic carbocycles. The van der Waals surface area contributed by atoms with Gasteiger partial charge < -0.3 is 15.0 Å². The number of amides is 1. The molecule has 7 heteroatoms. The zero-order valence-corrected chi connectivity index (χ0v) is 16.3. The van der Waals surface area contributed by atoms with Gasteiger partial charge in [0.25, 0.3) is 5.91 Å². The molecule has 3 aromatic rings. The van der Waals surface area contributed by atoms with Crippen LogP contribution in [0.2, 0.25) is 0 Å². The molecule has 1 heterocycles. The fourth-order valence-corrected chi connectivity index (χ4v) is 2.78. The molecule has 0 saturated heterocycles. The van der Waals surface area contributed by atoms with Crippen molar-refractivity contribution in [1.82, 2.24) is 14.9 Å². The SMILES string of the molecule is CCOC(=O)c1ccccc1Nc1cc(C(=O)N(C)Cc2ccccc2)ncn1. The van der Waals surface area contributed by atoms with Gasteiger partial charge in [-0.3, -0.25) is 4.79 Å². The van der Waals surface area contributed by atoms with E-state index in [1.807, 2.05) is 30.3 Å². The number of nitrogens with one attached hydrogen (secondary N) is 1. The van der Waals surface area contributed by atoms with E-state index in [0.717, 1.165) is 5.56 Å². The van der Waals surface area contributed by atoms with E-state index in [4.69, 9.17) is 4.74 Å². The summed E-state index contributed by atoms with van der Waals surface area (Å²) in [6, 6.07) is 18.2. The molecule has 0 spiro atoms. The van der Waals surface area contributed by atoms with E-state index in [1.54, 1.807) is 49.2 Å². The van der Waals surface area contributed by atoms with Crippen LogP contribution in [0.5, 0.6) is 0 Å². The number of hydrogen-bond acceptors (Lipinski definition) is 6. The molecule has 0 unspecified atom stereocenters. The van der Waals surface area contributed by atoms with Gasteiger partial charge in [-0.05, 0) is 24.6 Å². The molecule has 0 fully saturated rings. The summed E-state index contributed by atoms with van der Waals surface area (Å²) in [5.74, 6) is -0.241. The first-order valence-corrected chi connectivity index (χ1v) is 9.23. The lowest BCUT2D eigenvalue weighted by Crippen LogP contribution is -2.27. The van der Waals surface area contributed by atoms with Crippen molar-refractivity contribution in [1.29, 1.82) is 0 Å². The summed E-state index contributed by atoms with van der Waals surface area (Å²) in [6.07, 6.45) is 1.32. The first-order chi connectivity index (χ1) is 14.1. The second-order valence-corrected chi connectivity index (χ2v) is 6.33. The molecule has 3 rings (SSSR count). The lowest BCUT2D eigenvalue weighted by atomic mass is 10.1. The van der Waals surface area contributed by atoms with Crippen LogP contribution in [0.15, 0.2) is 67.0 Å².